The molecule has 2 aliphatic rings. The molecule has 0 radical (unpaired) electrons. The average Bonchev–Trinajstić information content (AvgIpc) is 2.71. The summed E-state index contributed by atoms with van der Waals surface area (Å²) in [6.45, 7) is 4.51. The van der Waals surface area contributed by atoms with Crippen molar-refractivity contribution in [3.8, 4) is 0 Å². The van der Waals surface area contributed by atoms with Crippen LogP contribution in [0.3, 0.4) is 0 Å². The molecule has 6 nitrogen and oxygen atoms in total. The van der Waals surface area contributed by atoms with Gasteiger partial charge in [-0.3, -0.25) is 9.59 Å². The minimum absolute atomic E-state index is 0.00715. The highest BCUT2D eigenvalue weighted by Gasteiger charge is 2.35. The number of benzene rings is 2. The maximum atomic E-state index is 13.0. The summed E-state index contributed by atoms with van der Waals surface area (Å²) in [5.74, 6) is -0.668. The molecule has 0 spiro atoms. The number of ketones is 1. The predicted molar refractivity (Wildman–Crippen MR) is 104 cm³/mol. The van der Waals surface area contributed by atoms with Crippen LogP contribution in [-0.2, 0) is 9.84 Å². The van der Waals surface area contributed by atoms with E-state index in [1.165, 1.54) is 30.3 Å². The Balaban J connectivity index is 1.63. The molecule has 0 aromatic heterocycles. The first-order chi connectivity index (χ1) is 13.3. The van der Waals surface area contributed by atoms with Gasteiger partial charge >= 0.3 is 0 Å². The summed E-state index contributed by atoms with van der Waals surface area (Å²) in [6.07, 6.45) is 1.94. The summed E-state index contributed by atoms with van der Waals surface area (Å²) in [5.41, 5.74) is 0.550. The number of piperidine rings is 1. The van der Waals surface area contributed by atoms with Gasteiger partial charge in [-0.1, -0.05) is 19.1 Å². The molecule has 7 heteroatoms. The molecule has 4 rings (SSSR count). The van der Waals surface area contributed by atoms with Crippen LogP contribution in [0, 0.1) is 5.41 Å². The van der Waals surface area contributed by atoms with Gasteiger partial charge in [0.05, 0.1) is 9.79 Å². The third kappa shape index (κ3) is 3.14. The van der Waals surface area contributed by atoms with Crippen LogP contribution in [0.5, 0.6) is 0 Å². The van der Waals surface area contributed by atoms with Gasteiger partial charge in [-0.25, -0.2) is 8.42 Å². The Morgan fingerprint density at radius 3 is 2.50 bits per heavy atom. The molecule has 1 fully saturated rings. The number of hydrogen-bond donors (Lipinski definition) is 2. The fraction of sp³-hybridized carbons (Fsp3) is 0.333. The lowest BCUT2D eigenvalue weighted by atomic mass is 9.81. The summed E-state index contributed by atoms with van der Waals surface area (Å²) in [4.78, 5) is 25.2. The van der Waals surface area contributed by atoms with E-state index < -0.39 is 9.84 Å². The van der Waals surface area contributed by atoms with Gasteiger partial charge in [0, 0.05) is 23.2 Å². The van der Waals surface area contributed by atoms with Crippen molar-refractivity contribution >= 4 is 21.5 Å². The smallest absolute Gasteiger partial charge is 0.251 e. The topological polar surface area (TPSA) is 92.3 Å². The lowest BCUT2D eigenvalue weighted by molar-refractivity contribution is 0.0920. The van der Waals surface area contributed by atoms with Gasteiger partial charge in [-0.15, -0.1) is 0 Å². The maximum absolute atomic E-state index is 13.0. The van der Waals surface area contributed by atoms with Crippen molar-refractivity contribution in [3.63, 3.8) is 0 Å². The van der Waals surface area contributed by atoms with Crippen LogP contribution in [-0.4, -0.2) is 39.7 Å². The molecule has 2 aromatic rings. The fourth-order valence-electron chi connectivity index (χ4n) is 3.83. The van der Waals surface area contributed by atoms with Crippen molar-refractivity contribution in [1.29, 1.82) is 0 Å². The van der Waals surface area contributed by atoms with Crippen molar-refractivity contribution in [1.82, 2.24) is 10.6 Å². The number of nitrogens with one attached hydrogen (secondary N) is 2. The van der Waals surface area contributed by atoms with E-state index in [0.717, 1.165) is 25.9 Å². The van der Waals surface area contributed by atoms with Crippen LogP contribution in [0.4, 0.5) is 0 Å². The lowest BCUT2D eigenvalue weighted by Gasteiger charge is -2.34. The van der Waals surface area contributed by atoms with Gasteiger partial charge < -0.3 is 10.6 Å². The van der Waals surface area contributed by atoms with Crippen LogP contribution in [0.15, 0.2) is 52.3 Å². The Hall–Kier alpha value is -2.51. The van der Waals surface area contributed by atoms with Gasteiger partial charge in [0.1, 0.15) is 0 Å². The molecule has 0 bridgehead atoms. The normalized spacial score (nSPS) is 19.4. The van der Waals surface area contributed by atoms with Crippen LogP contribution in [0.25, 0.3) is 0 Å². The van der Waals surface area contributed by atoms with E-state index in [1.807, 2.05) is 0 Å². The molecular weight excluding hydrogens is 376 g/mol. The van der Waals surface area contributed by atoms with Crippen LogP contribution in [0.2, 0.25) is 0 Å². The molecule has 28 heavy (non-hydrogen) atoms. The zero-order chi connectivity index (χ0) is 19.9. The minimum Gasteiger partial charge on any atom is -0.351 e. The van der Waals surface area contributed by atoms with Gasteiger partial charge in [0.25, 0.3) is 5.91 Å². The van der Waals surface area contributed by atoms with E-state index in [2.05, 4.69) is 17.6 Å². The second-order valence-electron chi connectivity index (χ2n) is 7.78. The Morgan fingerprint density at radius 1 is 1.07 bits per heavy atom. The molecular formula is C21H22N2O4S. The van der Waals surface area contributed by atoms with E-state index in [1.54, 1.807) is 12.1 Å². The number of hydrogen-bond acceptors (Lipinski definition) is 5. The number of sulfone groups is 1. The molecule has 146 valence electrons. The quantitative estimate of drug-likeness (QED) is 0.706. The third-order valence-corrected chi connectivity index (χ3v) is 7.54. The number of amides is 1. The summed E-state index contributed by atoms with van der Waals surface area (Å²) < 4.78 is 26.0. The van der Waals surface area contributed by atoms with Crippen LogP contribution in [0.1, 0.15) is 46.0 Å². The molecule has 0 saturated carbocycles. The SMILES string of the molecule is CC1(CNC(=O)c2ccc3c(c2)S(=O)(=O)c2ccccc2C3=O)CCNCC1. The van der Waals surface area contributed by atoms with Gasteiger partial charge in [0.15, 0.2) is 5.78 Å². The molecule has 0 aliphatic carbocycles. The molecule has 1 saturated heterocycles. The highest BCUT2D eigenvalue weighted by atomic mass is 32.2. The van der Waals surface area contributed by atoms with Gasteiger partial charge in [-0.2, -0.15) is 0 Å². The summed E-state index contributed by atoms with van der Waals surface area (Å²) in [5, 5.41) is 6.23. The van der Waals surface area contributed by atoms with Crippen molar-refractivity contribution in [2.75, 3.05) is 19.6 Å². The first kappa shape index (κ1) is 18.8. The monoisotopic (exact) mass is 398 g/mol. The van der Waals surface area contributed by atoms with Crippen LogP contribution >= 0.6 is 0 Å². The van der Waals surface area contributed by atoms with Crippen molar-refractivity contribution < 1.29 is 18.0 Å². The Bertz CT molecular complexity index is 1070. The molecule has 2 aromatic carbocycles. The molecule has 0 atom stereocenters. The average molecular weight is 398 g/mol. The highest BCUT2D eigenvalue weighted by Crippen LogP contribution is 2.35. The fourth-order valence-corrected chi connectivity index (χ4v) is 5.51. The van der Waals surface area contributed by atoms with Crippen molar-refractivity contribution in [2.45, 2.75) is 29.6 Å². The third-order valence-electron chi connectivity index (χ3n) is 5.69. The molecule has 2 aliphatic heterocycles. The first-order valence-corrected chi connectivity index (χ1v) is 10.8. The molecule has 0 unspecified atom stereocenters. The van der Waals surface area contributed by atoms with Crippen LogP contribution < -0.4 is 10.6 Å². The molecule has 1 amide bonds. The second kappa shape index (κ2) is 6.83. The Labute approximate surface area is 164 Å². The second-order valence-corrected chi connectivity index (χ2v) is 9.67. The Kier molecular flexibility index (Phi) is 4.59. The molecule has 2 heterocycles. The van der Waals surface area contributed by atoms with E-state index >= 15 is 0 Å². The molecule has 2 N–H and O–H groups in total. The maximum Gasteiger partial charge on any atom is 0.251 e. The lowest BCUT2D eigenvalue weighted by Crippen LogP contribution is -2.42. The van der Waals surface area contributed by atoms with Gasteiger partial charge in [0.2, 0.25) is 9.84 Å². The Morgan fingerprint density at radius 2 is 1.75 bits per heavy atom. The van der Waals surface area contributed by atoms with E-state index in [9.17, 15) is 18.0 Å². The van der Waals surface area contributed by atoms with Crippen molar-refractivity contribution in [2.24, 2.45) is 5.41 Å². The first-order valence-electron chi connectivity index (χ1n) is 9.34. The zero-order valence-electron chi connectivity index (χ0n) is 15.6. The highest BCUT2D eigenvalue weighted by molar-refractivity contribution is 7.91. The number of carbonyl (C=O) groups is 2. The summed E-state index contributed by atoms with van der Waals surface area (Å²) in [6, 6.07) is 10.4. The van der Waals surface area contributed by atoms with Gasteiger partial charge in [-0.05, 0) is 61.7 Å². The van der Waals surface area contributed by atoms with E-state index in [4.69, 9.17) is 0 Å². The number of rotatable bonds is 3. The summed E-state index contributed by atoms with van der Waals surface area (Å²) >= 11 is 0. The number of carbonyl (C=O) groups excluding carboxylic acids is 2. The standard InChI is InChI=1S/C21H22N2O4S/c1-21(8-10-22-11-9-21)13-23-20(25)14-6-7-16-18(12-14)28(26,27)17-5-3-2-4-15(17)19(16)24/h2-7,12,22H,8-11,13H2,1H3,(H,23,25). The minimum atomic E-state index is -3.85. The largest absolute Gasteiger partial charge is 0.351 e. The van der Waals surface area contributed by atoms with E-state index in [0.29, 0.717) is 6.54 Å². The predicted octanol–water partition coefficient (Wildman–Crippen LogP) is 2.18. The van der Waals surface area contributed by atoms with E-state index in [-0.39, 0.29) is 43.6 Å². The van der Waals surface area contributed by atoms with Crippen molar-refractivity contribution in [3.05, 3.63) is 59.2 Å². The summed E-state index contributed by atoms with van der Waals surface area (Å²) in [7, 11) is -3.85. The zero-order valence-corrected chi connectivity index (χ0v) is 16.4. The number of fused-ring (bicyclic) bond motifs is 2.